The van der Waals surface area contributed by atoms with Crippen LogP contribution in [0.4, 0.5) is 5.69 Å². The van der Waals surface area contributed by atoms with Gasteiger partial charge in [0.05, 0.1) is 22.6 Å². The van der Waals surface area contributed by atoms with Gasteiger partial charge in [0.25, 0.3) is 5.69 Å². The molecule has 0 N–H and O–H groups in total. The maximum absolute atomic E-state index is 12.5. The van der Waals surface area contributed by atoms with E-state index in [1.165, 1.54) is 31.4 Å². The fraction of sp³-hybridized carbons (Fsp3) is 0.0833. The summed E-state index contributed by atoms with van der Waals surface area (Å²) in [4.78, 5) is 27.1. The van der Waals surface area contributed by atoms with Crippen molar-refractivity contribution in [1.29, 1.82) is 0 Å². The molecule has 0 aromatic heterocycles. The average molecular weight is 591 g/mol. The van der Waals surface area contributed by atoms with Gasteiger partial charge in [-0.05, 0) is 58.5 Å². The van der Waals surface area contributed by atoms with E-state index >= 15 is 0 Å². The van der Waals surface area contributed by atoms with Gasteiger partial charge in [-0.2, -0.15) is 0 Å². The van der Waals surface area contributed by atoms with Crippen molar-refractivity contribution in [1.82, 2.24) is 0 Å². The minimum Gasteiger partial charge on any atom is -0.493 e. The number of nitrogens with zero attached hydrogens (tertiary/aromatic N) is 2. The molecule has 0 bridgehead atoms. The second-order valence-electron chi connectivity index (χ2n) is 7.05. The maximum atomic E-state index is 12.5. The predicted molar refractivity (Wildman–Crippen MR) is 135 cm³/mol. The van der Waals surface area contributed by atoms with Gasteiger partial charge >= 0.3 is 5.97 Å². The van der Waals surface area contributed by atoms with Crippen molar-refractivity contribution in [2.45, 2.75) is 6.61 Å². The van der Waals surface area contributed by atoms with Gasteiger partial charge in [0.2, 0.25) is 5.90 Å². The van der Waals surface area contributed by atoms with Crippen LogP contribution in [0.1, 0.15) is 16.7 Å². The molecule has 1 aliphatic rings. The number of nitro groups is 1. The Balaban J connectivity index is 1.66. The van der Waals surface area contributed by atoms with E-state index in [-0.39, 0.29) is 27.9 Å². The number of benzene rings is 3. The molecule has 1 heterocycles. The summed E-state index contributed by atoms with van der Waals surface area (Å²) >= 11 is 8.38. The summed E-state index contributed by atoms with van der Waals surface area (Å²) in [7, 11) is 1.53. The Morgan fingerprint density at radius 1 is 1.18 bits per heavy atom. The fourth-order valence-electron chi connectivity index (χ4n) is 3.21. The number of halogens is 2. The van der Waals surface area contributed by atoms with Crippen molar-refractivity contribution in [3.63, 3.8) is 0 Å². The number of rotatable bonds is 7. The van der Waals surface area contributed by atoms with Crippen molar-refractivity contribution in [3.8, 4) is 11.5 Å². The number of esters is 1. The summed E-state index contributed by atoms with van der Waals surface area (Å²) in [6.45, 7) is 0.296. The Morgan fingerprint density at radius 3 is 2.68 bits per heavy atom. The van der Waals surface area contributed by atoms with Crippen LogP contribution >= 0.6 is 34.2 Å². The number of carbonyl (C=O) groups is 1. The van der Waals surface area contributed by atoms with Gasteiger partial charge in [-0.15, -0.1) is 0 Å². The van der Waals surface area contributed by atoms with Crippen LogP contribution in [0.25, 0.3) is 6.08 Å². The zero-order chi connectivity index (χ0) is 24.2. The van der Waals surface area contributed by atoms with Gasteiger partial charge in [0.1, 0.15) is 6.61 Å². The molecule has 0 amide bonds. The fourth-order valence-corrected chi connectivity index (χ4v) is 4.07. The normalized spacial score (nSPS) is 14.0. The number of hydrogen-bond donors (Lipinski definition) is 0. The maximum Gasteiger partial charge on any atom is 0.363 e. The molecule has 4 rings (SSSR count). The number of hydrogen-bond acceptors (Lipinski definition) is 7. The lowest BCUT2D eigenvalue weighted by molar-refractivity contribution is -0.384. The summed E-state index contributed by atoms with van der Waals surface area (Å²) in [6.07, 6.45) is 1.53. The number of carbonyl (C=O) groups excluding carboxylic acids is 1. The van der Waals surface area contributed by atoms with E-state index in [1.54, 1.807) is 18.2 Å². The van der Waals surface area contributed by atoms with Gasteiger partial charge in [-0.1, -0.05) is 35.9 Å². The molecule has 172 valence electrons. The number of para-hydroxylation sites is 1. The standard InChI is InChI=1S/C24H16ClIN2O6/c1-32-21-7-3-5-15(22(21)33-13-14-4-2-6-16(26)10-14)11-20-24(29)34-23(27-20)18-9-8-17(28(30)31)12-19(18)25/h2-12H,13H2,1H3/b20-11-. The molecule has 0 aliphatic carbocycles. The molecule has 0 unspecified atom stereocenters. The van der Waals surface area contributed by atoms with Crippen LogP contribution < -0.4 is 9.47 Å². The molecular weight excluding hydrogens is 575 g/mol. The molecule has 10 heteroatoms. The second-order valence-corrected chi connectivity index (χ2v) is 8.71. The largest absolute Gasteiger partial charge is 0.493 e. The molecule has 0 spiro atoms. The van der Waals surface area contributed by atoms with Crippen molar-refractivity contribution in [3.05, 3.63) is 102 Å². The van der Waals surface area contributed by atoms with E-state index in [4.69, 9.17) is 25.8 Å². The highest BCUT2D eigenvalue weighted by molar-refractivity contribution is 14.1. The number of nitro benzene ring substituents is 1. The highest BCUT2D eigenvalue weighted by atomic mass is 127. The first-order chi connectivity index (χ1) is 16.4. The Labute approximate surface area is 213 Å². The highest BCUT2D eigenvalue weighted by Gasteiger charge is 2.27. The molecule has 3 aromatic carbocycles. The van der Waals surface area contributed by atoms with Crippen molar-refractivity contribution in [2.24, 2.45) is 4.99 Å². The SMILES string of the molecule is COc1cccc(/C=C2\N=C(c3ccc([N+](=O)[O-])cc3Cl)OC2=O)c1OCc1cccc(I)c1. The number of non-ortho nitro benzene ring substituents is 1. The van der Waals surface area contributed by atoms with E-state index < -0.39 is 10.9 Å². The number of cyclic esters (lactones) is 1. The highest BCUT2D eigenvalue weighted by Crippen LogP contribution is 2.35. The minimum absolute atomic E-state index is 0.0248. The number of ether oxygens (including phenoxy) is 3. The van der Waals surface area contributed by atoms with Crippen LogP contribution in [0, 0.1) is 13.7 Å². The third kappa shape index (κ3) is 5.20. The summed E-state index contributed by atoms with van der Waals surface area (Å²) in [6, 6.07) is 17.0. The molecule has 0 fully saturated rings. The summed E-state index contributed by atoms with van der Waals surface area (Å²) < 4.78 is 17.9. The smallest absolute Gasteiger partial charge is 0.363 e. The third-order valence-electron chi connectivity index (χ3n) is 4.81. The lowest BCUT2D eigenvalue weighted by Gasteiger charge is -2.13. The van der Waals surface area contributed by atoms with E-state index in [0.29, 0.717) is 23.7 Å². The Bertz CT molecular complexity index is 1360. The second kappa shape index (κ2) is 10.2. The van der Waals surface area contributed by atoms with E-state index in [2.05, 4.69) is 27.6 Å². The van der Waals surface area contributed by atoms with Crippen LogP contribution in [0.3, 0.4) is 0 Å². The average Bonchev–Trinajstić information content (AvgIpc) is 3.17. The molecular formula is C24H16ClIN2O6. The first-order valence-corrected chi connectivity index (χ1v) is 11.3. The number of methoxy groups -OCH3 is 1. The van der Waals surface area contributed by atoms with Gasteiger partial charge in [0, 0.05) is 21.3 Å². The van der Waals surface area contributed by atoms with E-state index in [9.17, 15) is 14.9 Å². The van der Waals surface area contributed by atoms with Gasteiger partial charge in [-0.25, -0.2) is 9.79 Å². The van der Waals surface area contributed by atoms with Crippen molar-refractivity contribution < 1.29 is 23.9 Å². The van der Waals surface area contributed by atoms with Crippen molar-refractivity contribution >= 4 is 57.8 Å². The van der Waals surface area contributed by atoms with Gasteiger partial charge < -0.3 is 14.2 Å². The van der Waals surface area contributed by atoms with Crippen molar-refractivity contribution in [2.75, 3.05) is 7.11 Å². The van der Waals surface area contributed by atoms with Crippen LogP contribution in [-0.4, -0.2) is 23.9 Å². The summed E-state index contributed by atoms with van der Waals surface area (Å²) in [5, 5.41) is 11.0. The third-order valence-corrected chi connectivity index (χ3v) is 5.79. The van der Waals surface area contributed by atoms with E-state index in [0.717, 1.165) is 9.13 Å². The van der Waals surface area contributed by atoms with Crippen LogP contribution in [0.2, 0.25) is 5.02 Å². The summed E-state index contributed by atoms with van der Waals surface area (Å²) in [5.74, 6) is 0.214. The zero-order valence-electron chi connectivity index (χ0n) is 17.7. The first kappa shape index (κ1) is 23.7. The quantitative estimate of drug-likeness (QED) is 0.114. The molecule has 1 aliphatic heterocycles. The molecule has 0 atom stereocenters. The molecule has 8 nitrogen and oxygen atoms in total. The Kier molecular flexibility index (Phi) is 7.13. The lowest BCUT2D eigenvalue weighted by atomic mass is 10.1. The first-order valence-electron chi connectivity index (χ1n) is 9.87. The molecule has 0 saturated heterocycles. The molecule has 34 heavy (non-hydrogen) atoms. The lowest BCUT2D eigenvalue weighted by Crippen LogP contribution is -2.06. The monoisotopic (exact) mass is 590 g/mol. The van der Waals surface area contributed by atoms with Crippen LogP contribution in [0.5, 0.6) is 11.5 Å². The molecule has 3 aromatic rings. The van der Waals surface area contributed by atoms with E-state index in [1.807, 2.05) is 24.3 Å². The van der Waals surface area contributed by atoms with Gasteiger partial charge in [0.15, 0.2) is 17.2 Å². The molecule has 0 radical (unpaired) electrons. The summed E-state index contributed by atoms with van der Waals surface area (Å²) in [5.41, 5.74) is 1.66. The Morgan fingerprint density at radius 2 is 1.97 bits per heavy atom. The minimum atomic E-state index is -0.684. The van der Waals surface area contributed by atoms with Crippen LogP contribution in [0.15, 0.2) is 71.4 Å². The van der Waals surface area contributed by atoms with Crippen LogP contribution in [-0.2, 0) is 16.1 Å². The number of aliphatic imine (C=N–C) groups is 1. The zero-order valence-corrected chi connectivity index (χ0v) is 20.6. The predicted octanol–water partition coefficient (Wildman–Crippen LogP) is 5.78. The topological polar surface area (TPSA) is 100 Å². The van der Waals surface area contributed by atoms with Gasteiger partial charge in [-0.3, -0.25) is 10.1 Å². The Hall–Kier alpha value is -3.44. The molecule has 0 saturated carbocycles.